The largest absolute Gasteiger partial charge is 0.490 e. The summed E-state index contributed by atoms with van der Waals surface area (Å²) in [5.74, 6) is 0.936. The van der Waals surface area contributed by atoms with Crippen LogP contribution < -0.4 is 20.5 Å². The Balaban J connectivity index is 2.12. The van der Waals surface area contributed by atoms with Gasteiger partial charge in [0.25, 0.3) is 5.91 Å². The van der Waals surface area contributed by atoms with Crippen molar-refractivity contribution in [3.63, 3.8) is 0 Å². The molecule has 1 amide bonds. The van der Waals surface area contributed by atoms with Crippen LogP contribution in [0.1, 0.15) is 29.8 Å². The number of nitrogens with zero attached hydrogens (tertiary/aromatic N) is 1. The number of benzene rings is 1. The lowest BCUT2D eigenvalue weighted by atomic mass is 10.1. The van der Waals surface area contributed by atoms with Crippen LogP contribution in [-0.4, -0.2) is 30.1 Å². The fourth-order valence-electron chi connectivity index (χ4n) is 2.05. The first kappa shape index (κ1) is 17.7. The molecule has 0 fully saturated rings. The van der Waals surface area contributed by atoms with Crippen LogP contribution in [0.15, 0.2) is 42.7 Å². The molecule has 1 heterocycles. The Kier molecular flexibility index (Phi) is 6.57. The summed E-state index contributed by atoms with van der Waals surface area (Å²) in [6, 6.07) is 8.83. The highest BCUT2D eigenvalue weighted by Crippen LogP contribution is 2.29. The van der Waals surface area contributed by atoms with Gasteiger partial charge in [-0.15, -0.1) is 0 Å². The average Bonchev–Trinajstić information content (AvgIpc) is 2.61. The number of ether oxygens (including phenoxy) is 2. The van der Waals surface area contributed by atoms with E-state index in [-0.39, 0.29) is 11.9 Å². The number of amides is 1. The first-order valence-corrected chi connectivity index (χ1v) is 7.93. The second-order valence-corrected chi connectivity index (χ2v) is 5.35. The minimum atomic E-state index is -0.187. The van der Waals surface area contributed by atoms with Gasteiger partial charge in [-0.25, -0.2) is 0 Å². The van der Waals surface area contributed by atoms with Gasteiger partial charge in [-0.1, -0.05) is 6.07 Å². The van der Waals surface area contributed by atoms with Gasteiger partial charge in [0.15, 0.2) is 11.5 Å². The van der Waals surface area contributed by atoms with Crippen LogP contribution in [0.2, 0.25) is 0 Å². The van der Waals surface area contributed by atoms with Crippen molar-refractivity contribution >= 4 is 5.91 Å². The third-order valence-corrected chi connectivity index (χ3v) is 3.35. The first-order valence-electron chi connectivity index (χ1n) is 7.93. The number of aromatic nitrogens is 1. The van der Waals surface area contributed by atoms with Crippen molar-refractivity contribution in [2.45, 2.75) is 26.5 Å². The second-order valence-electron chi connectivity index (χ2n) is 5.35. The fourth-order valence-corrected chi connectivity index (χ4v) is 2.05. The SMILES string of the molecule is CCOc1cc(C(=O)N[C@@H](C)CN)ccc1OCc1cccnc1. The number of pyridine rings is 1. The molecule has 24 heavy (non-hydrogen) atoms. The van der Waals surface area contributed by atoms with Gasteiger partial charge >= 0.3 is 0 Å². The molecule has 0 spiro atoms. The van der Waals surface area contributed by atoms with E-state index in [9.17, 15) is 4.79 Å². The van der Waals surface area contributed by atoms with Crippen molar-refractivity contribution in [2.24, 2.45) is 5.73 Å². The molecule has 6 nitrogen and oxygen atoms in total. The summed E-state index contributed by atoms with van der Waals surface area (Å²) in [6.07, 6.45) is 3.46. The Morgan fingerprint density at radius 3 is 2.79 bits per heavy atom. The fraction of sp³-hybridized carbons (Fsp3) is 0.333. The van der Waals surface area contributed by atoms with Crippen LogP contribution in [0.3, 0.4) is 0 Å². The van der Waals surface area contributed by atoms with Crippen molar-refractivity contribution in [2.75, 3.05) is 13.2 Å². The second kappa shape index (κ2) is 8.88. The highest BCUT2D eigenvalue weighted by molar-refractivity contribution is 5.95. The Hall–Kier alpha value is -2.60. The molecule has 0 saturated carbocycles. The predicted octanol–water partition coefficient (Wildman–Crippen LogP) is 2.14. The average molecular weight is 329 g/mol. The molecule has 1 aromatic carbocycles. The normalized spacial score (nSPS) is 11.6. The molecule has 0 aliphatic heterocycles. The van der Waals surface area contributed by atoms with E-state index in [1.54, 1.807) is 30.6 Å². The van der Waals surface area contributed by atoms with Crippen molar-refractivity contribution in [3.8, 4) is 11.5 Å². The number of nitrogens with one attached hydrogen (secondary N) is 1. The van der Waals surface area contributed by atoms with Gasteiger partial charge < -0.3 is 20.5 Å². The van der Waals surface area contributed by atoms with E-state index in [0.717, 1.165) is 5.56 Å². The lowest BCUT2D eigenvalue weighted by molar-refractivity contribution is 0.0940. The van der Waals surface area contributed by atoms with Crippen molar-refractivity contribution in [1.29, 1.82) is 0 Å². The molecule has 0 aliphatic rings. The molecule has 0 aliphatic carbocycles. The van der Waals surface area contributed by atoms with Gasteiger partial charge in [-0.3, -0.25) is 9.78 Å². The molecule has 0 unspecified atom stereocenters. The zero-order chi connectivity index (χ0) is 17.4. The molecular formula is C18H23N3O3. The van der Waals surface area contributed by atoms with Crippen LogP contribution >= 0.6 is 0 Å². The summed E-state index contributed by atoms with van der Waals surface area (Å²) in [5, 5.41) is 2.82. The first-order chi connectivity index (χ1) is 11.6. The zero-order valence-corrected chi connectivity index (χ0v) is 14.0. The van der Waals surface area contributed by atoms with Crippen LogP contribution in [0.4, 0.5) is 0 Å². The van der Waals surface area contributed by atoms with E-state index >= 15 is 0 Å². The van der Waals surface area contributed by atoms with Crippen molar-refractivity contribution in [1.82, 2.24) is 10.3 Å². The van der Waals surface area contributed by atoms with Gasteiger partial charge in [0.05, 0.1) is 6.61 Å². The minimum Gasteiger partial charge on any atom is -0.490 e. The highest BCUT2D eigenvalue weighted by Gasteiger charge is 2.13. The summed E-state index contributed by atoms with van der Waals surface area (Å²) < 4.78 is 11.4. The molecule has 0 bridgehead atoms. The molecule has 2 aromatic rings. The third kappa shape index (κ3) is 4.96. The Morgan fingerprint density at radius 1 is 1.29 bits per heavy atom. The number of hydrogen-bond acceptors (Lipinski definition) is 5. The van der Waals surface area contributed by atoms with Crippen molar-refractivity contribution < 1.29 is 14.3 Å². The Morgan fingerprint density at radius 2 is 2.12 bits per heavy atom. The molecule has 1 aromatic heterocycles. The summed E-state index contributed by atoms with van der Waals surface area (Å²) in [7, 11) is 0. The highest BCUT2D eigenvalue weighted by atomic mass is 16.5. The van der Waals surface area contributed by atoms with Crippen LogP contribution in [0.5, 0.6) is 11.5 Å². The van der Waals surface area contributed by atoms with Gasteiger partial charge in [0.2, 0.25) is 0 Å². The molecular weight excluding hydrogens is 306 g/mol. The Labute approximate surface area is 142 Å². The molecule has 2 rings (SSSR count). The van der Waals surface area contributed by atoms with E-state index in [4.69, 9.17) is 15.2 Å². The van der Waals surface area contributed by atoms with E-state index < -0.39 is 0 Å². The molecule has 0 radical (unpaired) electrons. The number of hydrogen-bond donors (Lipinski definition) is 2. The van der Waals surface area contributed by atoms with Crippen LogP contribution in [-0.2, 0) is 6.61 Å². The van der Waals surface area contributed by atoms with Crippen LogP contribution in [0.25, 0.3) is 0 Å². The maximum atomic E-state index is 12.2. The molecule has 0 saturated heterocycles. The van der Waals surface area contributed by atoms with Gasteiger partial charge in [0.1, 0.15) is 6.61 Å². The Bertz CT molecular complexity index is 662. The standard InChI is InChI=1S/C18H23N3O3/c1-3-23-17-9-15(18(22)21-13(2)10-19)6-7-16(17)24-12-14-5-4-8-20-11-14/h4-9,11,13H,3,10,12,19H2,1-2H3,(H,21,22)/t13-/m0/s1. The maximum Gasteiger partial charge on any atom is 0.251 e. The van der Waals surface area contributed by atoms with Gasteiger partial charge in [0, 0.05) is 36.1 Å². The summed E-state index contributed by atoms with van der Waals surface area (Å²) in [6.45, 7) is 4.98. The quantitative estimate of drug-likeness (QED) is 0.775. The number of nitrogens with two attached hydrogens (primary N) is 1. The number of rotatable bonds is 8. The van der Waals surface area contributed by atoms with Gasteiger partial charge in [-0.05, 0) is 38.1 Å². The third-order valence-electron chi connectivity index (χ3n) is 3.35. The van der Waals surface area contributed by atoms with Crippen molar-refractivity contribution in [3.05, 3.63) is 53.9 Å². The van der Waals surface area contributed by atoms with Crippen LogP contribution in [0, 0.1) is 0 Å². The molecule has 128 valence electrons. The summed E-state index contributed by atoms with van der Waals surface area (Å²) in [5.41, 5.74) is 6.99. The monoisotopic (exact) mass is 329 g/mol. The number of carbonyl (C=O) groups is 1. The molecule has 1 atom stereocenters. The topological polar surface area (TPSA) is 86.5 Å². The lowest BCUT2D eigenvalue weighted by Gasteiger charge is -2.15. The molecule has 6 heteroatoms. The smallest absolute Gasteiger partial charge is 0.251 e. The maximum absolute atomic E-state index is 12.2. The molecule has 3 N–H and O–H groups in total. The number of carbonyl (C=O) groups excluding carboxylic acids is 1. The summed E-state index contributed by atoms with van der Waals surface area (Å²) >= 11 is 0. The zero-order valence-electron chi connectivity index (χ0n) is 14.0. The minimum absolute atomic E-state index is 0.0884. The lowest BCUT2D eigenvalue weighted by Crippen LogP contribution is -2.37. The van der Waals surface area contributed by atoms with E-state index in [2.05, 4.69) is 10.3 Å². The predicted molar refractivity (Wildman–Crippen MR) is 92.2 cm³/mol. The van der Waals surface area contributed by atoms with E-state index in [1.165, 1.54) is 0 Å². The van der Waals surface area contributed by atoms with E-state index in [0.29, 0.717) is 36.8 Å². The summed E-state index contributed by atoms with van der Waals surface area (Å²) in [4.78, 5) is 16.2. The van der Waals surface area contributed by atoms with Gasteiger partial charge in [-0.2, -0.15) is 0 Å². The van der Waals surface area contributed by atoms with E-state index in [1.807, 2.05) is 26.0 Å².